The minimum Gasteiger partial charge on any atom is -0.343 e. The third kappa shape index (κ3) is 5.05. The second kappa shape index (κ2) is 10.2. The van der Waals surface area contributed by atoms with Gasteiger partial charge in [-0.3, -0.25) is 4.79 Å². The van der Waals surface area contributed by atoms with Crippen molar-refractivity contribution >= 4 is 22.5 Å². The minimum absolute atomic E-state index is 0.0832. The van der Waals surface area contributed by atoms with Crippen molar-refractivity contribution in [1.29, 1.82) is 0 Å². The third-order valence-corrected chi connectivity index (χ3v) is 6.43. The van der Waals surface area contributed by atoms with Crippen molar-refractivity contribution in [2.24, 2.45) is 0 Å². The van der Waals surface area contributed by atoms with Crippen LogP contribution < -0.4 is 5.32 Å². The predicted octanol–water partition coefficient (Wildman–Crippen LogP) is 7.44. The largest absolute Gasteiger partial charge is 0.343 e. The van der Waals surface area contributed by atoms with E-state index in [1.54, 1.807) is 18.2 Å². The van der Waals surface area contributed by atoms with E-state index in [2.05, 4.69) is 9.88 Å². The maximum atomic E-state index is 15.2. The summed E-state index contributed by atoms with van der Waals surface area (Å²) < 4.78 is 30.7. The Hall–Kier alpha value is -4.25. The van der Waals surface area contributed by atoms with Gasteiger partial charge in [-0.2, -0.15) is 0 Å². The summed E-state index contributed by atoms with van der Waals surface area (Å²) in [6.45, 7) is 2.45. The van der Waals surface area contributed by atoms with Gasteiger partial charge >= 0.3 is 0 Å². The molecule has 0 unspecified atom stereocenters. The van der Waals surface area contributed by atoms with Crippen LogP contribution in [0.1, 0.15) is 34.6 Å². The van der Waals surface area contributed by atoms with Gasteiger partial charge in [0.15, 0.2) is 0 Å². The minimum atomic E-state index is -0.493. The predicted molar refractivity (Wildman–Crippen MR) is 140 cm³/mol. The molecule has 0 radical (unpaired) electrons. The molecule has 4 aromatic carbocycles. The standard InChI is InChI=1S/C31H26F2N2O/c1-21-11-16-29(33)27(17-21)26(18-31(36)34-24-7-3-2-4-8-24)28-20-35(30-10-6-5-9-25(28)30)19-22-12-14-23(32)15-13-22/h2-17,20,26H,18-19H2,1H3,(H,34,36)/t26-/m1/s1. The zero-order chi connectivity index (χ0) is 25.1. The van der Waals surface area contributed by atoms with E-state index in [-0.39, 0.29) is 24.0 Å². The van der Waals surface area contributed by atoms with Gasteiger partial charge in [0.25, 0.3) is 0 Å². The van der Waals surface area contributed by atoms with Crippen LogP contribution in [-0.2, 0) is 11.3 Å². The van der Waals surface area contributed by atoms with Crippen LogP contribution in [-0.4, -0.2) is 10.5 Å². The van der Waals surface area contributed by atoms with Crippen LogP contribution >= 0.6 is 0 Å². The summed E-state index contributed by atoms with van der Waals surface area (Å²) in [5.74, 6) is -1.31. The fourth-order valence-corrected chi connectivity index (χ4v) is 4.71. The molecule has 5 aromatic rings. The molecule has 1 aromatic heterocycles. The van der Waals surface area contributed by atoms with Crippen molar-refractivity contribution in [2.45, 2.75) is 25.8 Å². The molecule has 0 aliphatic carbocycles. The summed E-state index contributed by atoms with van der Waals surface area (Å²) in [4.78, 5) is 13.2. The SMILES string of the molecule is Cc1ccc(F)c([C@@H](CC(=O)Nc2ccccc2)c2cn(Cc3ccc(F)cc3)c3ccccc23)c1. The first-order valence-electron chi connectivity index (χ1n) is 11.9. The molecule has 5 heteroatoms. The van der Waals surface area contributed by atoms with Crippen LogP contribution in [0.5, 0.6) is 0 Å². The first-order valence-corrected chi connectivity index (χ1v) is 11.9. The lowest BCUT2D eigenvalue weighted by atomic mass is 9.87. The topological polar surface area (TPSA) is 34.0 Å². The number of halogens is 2. The van der Waals surface area contributed by atoms with Gasteiger partial charge in [0.2, 0.25) is 5.91 Å². The molecule has 0 aliphatic rings. The number of rotatable bonds is 7. The van der Waals surface area contributed by atoms with Crippen LogP contribution in [0, 0.1) is 18.6 Å². The van der Waals surface area contributed by atoms with Crippen LogP contribution in [0.15, 0.2) is 103 Å². The van der Waals surface area contributed by atoms with E-state index in [0.717, 1.165) is 27.6 Å². The Morgan fingerprint density at radius 1 is 0.861 bits per heavy atom. The number of hydrogen-bond donors (Lipinski definition) is 1. The van der Waals surface area contributed by atoms with Gasteiger partial charge in [-0.25, -0.2) is 8.78 Å². The normalized spacial score (nSPS) is 12.0. The van der Waals surface area contributed by atoms with E-state index in [1.807, 2.05) is 73.8 Å². The van der Waals surface area contributed by atoms with Gasteiger partial charge in [0.05, 0.1) is 0 Å². The molecule has 0 spiro atoms. The molecule has 0 aliphatic heterocycles. The zero-order valence-corrected chi connectivity index (χ0v) is 19.9. The molecule has 36 heavy (non-hydrogen) atoms. The van der Waals surface area contributed by atoms with E-state index >= 15 is 4.39 Å². The number of benzene rings is 4. The molecular weight excluding hydrogens is 454 g/mol. The summed E-state index contributed by atoms with van der Waals surface area (Å²) in [5, 5.41) is 3.90. The van der Waals surface area contributed by atoms with Gasteiger partial charge < -0.3 is 9.88 Å². The number of carbonyl (C=O) groups excluding carboxylic acids is 1. The van der Waals surface area contributed by atoms with E-state index < -0.39 is 5.92 Å². The van der Waals surface area contributed by atoms with Crippen LogP contribution in [0.25, 0.3) is 10.9 Å². The summed E-state index contributed by atoms with van der Waals surface area (Å²) in [7, 11) is 0. The Morgan fingerprint density at radius 3 is 2.36 bits per heavy atom. The average molecular weight is 481 g/mol. The second-order valence-corrected chi connectivity index (χ2v) is 9.05. The Kier molecular flexibility index (Phi) is 6.63. The fraction of sp³-hybridized carbons (Fsp3) is 0.129. The highest BCUT2D eigenvalue weighted by molar-refractivity contribution is 5.93. The number of carbonyl (C=O) groups is 1. The monoisotopic (exact) mass is 480 g/mol. The summed E-state index contributed by atoms with van der Waals surface area (Å²) in [6.07, 6.45) is 2.08. The highest BCUT2D eigenvalue weighted by Gasteiger charge is 2.25. The molecule has 1 atom stereocenters. The third-order valence-electron chi connectivity index (χ3n) is 6.43. The number of nitrogens with one attached hydrogen (secondary N) is 1. The van der Waals surface area contributed by atoms with Crippen LogP contribution in [0.3, 0.4) is 0 Å². The summed E-state index contributed by atoms with van der Waals surface area (Å²) in [6, 6.07) is 28.6. The number of aryl methyl sites for hydroxylation is 1. The lowest BCUT2D eigenvalue weighted by molar-refractivity contribution is -0.116. The van der Waals surface area contributed by atoms with Gasteiger partial charge in [-0.1, -0.05) is 66.2 Å². The van der Waals surface area contributed by atoms with Gasteiger partial charge in [-0.15, -0.1) is 0 Å². The first-order chi connectivity index (χ1) is 17.5. The molecule has 3 nitrogen and oxygen atoms in total. The number of fused-ring (bicyclic) bond motifs is 1. The number of para-hydroxylation sites is 2. The average Bonchev–Trinajstić information content (AvgIpc) is 3.24. The highest BCUT2D eigenvalue weighted by atomic mass is 19.1. The quantitative estimate of drug-likeness (QED) is 0.258. The van der Waals surface area contributed by atoms with Gasteiger partial charge in [-0.05, 0) is 60.0 Å². The maximum Gasteiger partial charge on any atom is 0.225 e. The van der Waals surface area contributed by atoms with Crippen molar-refractivity contribution < 1.29 is 13.6 Å². The maximum absolute atomic E-state index is 15.2. The smallest absolute Gasteiger partial charge is 0.225 e. The van der Waals surface area contributed by atoms with Crippen molar-refractivity contribution in [3.63, 3.8) is 0 Å². The molecule has 1 amide bonds. The van der Waals surface area contributed by atoms with Crippen molar-refractivity contribution in [1.82, 2.24) is 4.57 Å². The number of amides is 1. The number of aromatic nitrogens is 1. The Balaban J connectivity index is 1.58. The summed E-state index contributed by atoms with van der Waals surface area (Å²) >= 11 is 0. The van der Waals surface area contributed by atoms with Crippen molar-refractivity contribution in [2.75, 3.05) is 5.32 Å². The lowest BCUT2D eigenvalue weighted by Gasteiger charge is -2.19. The molecule has 1 N–H and O–H groups in total. The Labute approximate surface area is 209 Å². The Morgan fingerprint density at radius 2 is 1.58 bits per heavy atom. The van der Waals surface area contributed by atoms with E-state index in [0.29, 0.717) is 17.8 Å². The van der Waals surface area contributed by atoms with Crippen LogP contribution in [0.4, 0.5) is 14.5 Å². The number of anilines is 1. The highest BCUT2D eigenvalue weighted by Crippen LogP contribution is 2.37. The molecule has 0 saturated carbocycles. The molecule has 0 fully saturated rings. The zero-order valence-electron chi connectivity index (χ0n) is 19.9. The fourth-order valence-electron chi connectivity index (χ4n) is 4.71. The second-order valence-electron chi connectivity index (χ2n) is 9.05. The molecule has 1 heterocycles. The molecule has 0 saturated heterocycles. The van der Waals surface area contributed by atoms with Crippen molar-refractivity contribution in [3.8, 4) is 0 Å². The first kappa shape index (κ1) is 23.5. The lowest BCUT2D eigenvalue weighted by Crippen LogP contribution is -2.17. The van der Waals surface area contributed by atoms with E-state index in [4.69, 9.17) is 0 Å². The molecular formula is C31H26F2N2O. The Bertz CT molecular complexity index is 1510. The van der Waals surface area contributed by atoms with E-state index in [9.17, 15) is 9.18 Å². The van der Waals surface area contributed by atoms with Gasteiger partial charge in [0.1, 0.15) is 11.6 Å². The number of nitrogens with zero attached hydrogens (tertiary/aromatic N) is 1. The van der Waals surface area contributed by atoms with E-state index in [1.165, 1.54) is 18.2 Å². The number of hydrogen-bond acceptors (Lipinski definition) is 1. The molecule has 0 bridgehead atoms. The molecule has 5 rings (SSSR count). The molecule has 180 valence electrons. The van der Waals surface area contributed by atoms with Crippen molar-refractivity contribution in [3.05, 3.63) is 137 Å². The summed E-state index contributed by atoms with van der Waals surface area (Å²) in [5.41, 5.74) is 4.91. The van der Waals surface area contributed by atoms with Crippen LogP contribution in [0.2, 0.25) is 0 Å². The van der Waals surface area contributed by atoms with Gasteiger partial charge in [0, 0.05) is 41.7 Å².